The third-order valence-corrected chi connectivity index (χ3v) is 4.32. The van der Waals surface area contributed by atoms with Gasteiger partial charge in [0.05, 0.1) is 18.9 Å². The maximum absolute atomic E-state index is 12.1. The average Bonchev–Trinajstić information content (AvgIpc) is 3.14. The molecule has 20 heavy (non-hydrogen) atoms. The lowest BCUT2D eigenvalue weighted by molar-refractivity contribution is -0.129. The number of likely N-dealkylation sites (tertiary alicyclic amines) is 1. The minimum absolute atomic E-state index is 0.0327. The number of carbonyl (C=O) groups excluding carboxylic acids is 2. The molecular formula is C14H18N2O4. The third kappa shape index (κ3) is 2.43. The Bertz CT molecular complexity index is 499. The molecule has 1 aliphatic heterocycles. The van der Waals surface area contributed by atoms with Gasteiger partial charge in [0, 0.05) is 19.0 Å². The zero-order valence-corrected chi connectivity index (χ0v) is 11.1. The monoisotopic (exact) mass is 278 g/mol. The Morgan fingerprint density at radius 2 is 2.25 bits per heavy atom. The van der Waals surface area contributed by atoms with E-state index in [2.05, 4.69) is 5.32 Å². The summed E-state index contributed by atoms with van der Waals surface area (Å²) in [5.41, 5.74) is 0. The van der Waals surface area contributed by atoms with Crippen LogP contribution in [0.5, 0.6) is 0 Å². The molecule has 1 aromatic heterocycles. The van der Waals surface area contributed by atoms with E-state index < -0.39 is 0 Å². The van der Waals surface area contributed by atoms with Crippen molar-refractivity contribution in [1.29, 1.82) is 0 Å². The molecule has 3 unspecified atom stereocenters. The number of hydrogen-bond donors (Lipinski definition) is 2. The van der Waals surface area contributed by atoms with Crippen molar-refractivity contribution in [3.63, 3.8) is 0 Å². The highest BCUT2D eigenvalue weighted by Gasteiger charge is 2.43. The van der Waals surface area contributed by atoms with Crippen molar-refractivity contribution in [2.24, 2.45) is 11.8 Å². The number of fused-ring (bicyclic) bond motifs is 1. The van der Waals surface area contributed by atoms with Gasteiger partial charge in [-0.05, 0) is 30.9 Å². The highest BCUT2D eigenvalue weighted by Crippen LogP contribution is 2.37. The number of amides is 2. The van der Waals surface area contributed by atoms with E-state index in [0.717, 1.165) is 12.8 Å². The normalized spacial score (nSPS) is 28.4. The summed E-state index contributed by atoms with van der Waals surface area (Å²) in [4.78, 5) is 25.4. The Morgan fingerprint density at radius 3 is 2.95 bits per heavy atom. The topological polar surface area (TPSA) is 82.8 Å². The summed E-state index contributed by atoms with van der Waals surface area (Å²) in [6, 6.07) is 3.18. The molecular weight excluding hydrogens is 260 g/mol. The summed E-state index contributed by atoms with van der Waals surface area (Å²) in [6.07, 6.45) is 2.95. The van der Waals surface area contributed by atoms with E-state index >= 15 is 0 Å². The van der Waals surface area contributed by atoms with E-state index in [1.807, 2.05) is 0 Å². The van der Waals surface area contributed by atoms with Crippen LogP contribution in [0.25, 0.3) is 0 Å². The molecule has 1 saturated carbocycles. The van der Waals surface area contributed by atoms with E-state index in [0.29, 0.717) is 19.0 Å². The van der Waals surface area contributed by atoms with Gasteiger partial charge in [-0.2, -0.15) is 0 Å². The lowest BCUT2D eigenvalue weighted by atomic mass is 10.00. The zero-order valence-electron chi connectivity index (χ0n) is 11.1. The molecule has 108 valence electrons. The maximum Gasteiger partial charge on any atom is 0.287 e. The van der Waals surface area contributed by atoms with Crippen molar-refractivity contribution in [3.05, 3.63) is 24.2 Å². The number of aliphatic hydroxyl groups is 1. The van der Waals surface area contributed by atoms with Crippen LogP contribution in [0.3, 0.4) is 0 Å². The van der Waals surface area contributed by atoms with Gasteiger partial charge in [0.1, 0.15) is 0 Å². The predicted molar refractivity (Wildman–Crippen MR) is 69.8 cm³/mol. The largest absolute Gasteiger partial charge is 0.459 e. The van der Waals surface area contributed by atoms with Gasteiger partial charge in [-0.1, -0.05) is 0 Å². The summed E-state index contributed by atoms with van der Waals surface area (Å²) in [5, 5.41) is 12.4. The van der Waals surface area contributed by atoms with Crippen molar-refractivity contribution in [2.45, 2.75) is 18.9 Å². The second kappa shape index (κ2) is 5.28. The number of carbonyl (C=O) groups is 2. The Morgan fingerprint density at radius 1 is 1.40 bits per heavy atom. The zero-order chi connectivity index (χ0) is 14.1. The first kappa shape index (κ1) is 13.2. The van der Waals surface area contributed by atoms with Gasteiger partial charge in [0.15, 0.2) is 5.76 Å². The van der Waals surface area contributed by atoms with E-state index in [1.54, 1.807) is 17.0 Å². The van der Waals surface area contributed by atoms with E-state index in [4.69, 9.17) is 4.42 Å². The van der Waals surface area contributed by atoms with Crippen molar-refractivity contribution in [3.8, 4) is 0 Å². The number of nitrogens with zero attached hydrogens (tertiary/aromatic N) is 1. The summed E-state index contributed by atoms with van der Waals surface area (Å²) >= 11 is 0. The quantitative estimate of drug-likeness (QED) is 0.829. The maximum atomic E-state index is 12.1. The molecule has 2 amide bonds. The van der Waals surface area contributed by atoms with E-state index in [1.165, 1.54) is 6.26 Å². The minimum atomic E-state index is -0.386. The third-order valence-electron chi connectivity index (χ3n) is 4.32. The summed E-state index contributed by atoms with van der Waals surface area (Å²) < 4.78 is 4.96. The second-order valence-electron chi connectivity index (χ2n) is 5.53. The first-order valence-corrected chi connectivity index (χ1v) is 6.92. The van der Waals surface area contributed by atoms with Gasteiger partial charge in [0.25, 0.3) is 5.91 Å². The fourth-order valence-corrected chi connectivity index (χ4v) is 3.20. The van der Waals surface area contributed by atoms with Crippen molar-refractivity contribution >= 4 is 11.8 Å². The molecule has 6 nitrogen and oxygen atoms in total. The average molecular weight is 278 g/mol. The first-order chi connectivity index (χ1) is 9.65. The summed E-state index contributed by atoms with van der Waals surface area (Å²) in [7, 11) is 0. The molecule has 6 heteroatoms. The molecule has 3 rings (SSSR count). The molecule has 0 spiro atoms. The Labute approximate surface area is 116 Å². The van der Waals surface area contributed by atoms with Gasteiger partial charge in [-0.25, -0.2) is 0 Å². The molecule has 2 fully saturated rings. The number of furan rings is 1. The summed E-state index contributed by atoms with van der Waals surface area (Å²) in [6.45, 7) is 1.26. The first-order valence-electron chi connectivity index (χ1n) is 6.92. The Balaban J connectivity index is 1.50. The van der Waals surface area contributed by atoms with Gasteiger partial charge in [0.2, 0.25) is 5.91 Å². The van der Waals surface area contributed by atoms with Crippen LogP contribution < -0.4 is 5.32 Å². The standard InChI is InChI=1S/C14H18N2O4/c17-11-4-3-9-7-16(8-10(9)11)13(18)6-15-14(19)12-2-1-5-20-12/h1-2,5,9-11,17H,3-4,6-8H2,(H,15,19). The lowest BCUT2D eigenvalue weighted by Gasteiger charge is -2.18. The smallest absolute Gasteiger partial charge is 0.287 e. The molecule has 1 aliphatic carbocycles. The summed E-state index contributed by atoms with van der Waals surface area (Å²) in [5.74, 6) is 0.329. The van der Waals surface area contributed by atoms with E-state index in [-0.39, 0.29) is 36.1 Å². The van der Waals surface area contributed by atoms with Crippen LogP contribution in [0, 0.1) is 11.8 Å². The lowest BCUT2D eigenvalue weighted by Crippen LogP contribution is -2.39. The molecule has 0 aromatic carbocycles. The van der Waals surface area contributed by atoms with Crippen LogP contribution in [0.2, 0.25) is 0 Å². The number of aliphatic hydroxyl groups excluding tert-OH is 1. The fraction of sp³-hybridized carbons (Fsp3) is 0.571. The fourth-order valence-electron chi connectivity index (χ4n) is 3.20. The highest BCUT2D eigenvalue weighted by atomic mass is 16.3. The second-order valence-corrected chi connectivity index (χ2v) is 5.53. The SMILES string of the molecule is O=C(NCC(=O)N1CC2CCC(O)C2C1)c1ccco1. The van der Waals surface area contributed by atoms with Gasteiger partial charge >= 0.3 is 0 Å². The molecule has 2 aliphatic rings. The van der Waals surface area contributed by atoms with Gasteiger partial charge in [-0.15, -0.1) is 0 Å². The molecule has 0 bridgehead atoms. The van der Waals surface area contributed by atoms with Crippen LogP contribution in [0.4, 0.5) is 0 Å². The molecule has 2 N–H and O–H groups in total. The van der Waals surface area contributed by atoms with Crippen LogP contribution >= 0.6 is 0 Å². The van der Waals surface area contributed by atoms with Crippen molar-refractivity contribution in [2.75, 3.05) is 19.6 Å². The Kier molecular flexibility index (Phi) is 3.48. The van der Waals surface area contributed by atoms with Crippen molar-refractivity contribution < 1.29 is 19.1 Å². The van der Waals surface area contributed by atoms with E-state index in [9.17, 15) is 14.7 Å². The van der Waals surface area contributed by atoms with Crippen LogP contribution in [0.1, 0.15) is 23.4 Å². The molecule has 1 aromatic rings. The van der Waals surface area contributed by atoms with Crippen LogP contribution in [-0.4, -0.2) is 47.6 Å². The minimum Gasteiger partial charge on any atom is -0.459 e. The molecule has 3 atom stereocenters. The molecule has 0 radical (unpaired) electrons. The number of hydrogen-bond acceptors (Lipinski definition) is 4. The van der Waals surface area contributed by atoms with Crippen LogP contribution in [0.15, 0.2) is 22.8 Å². The number of rotatable bonds is 3. The van der Waals surface area contributed by atoms with Gasteiger partial charge in [-0.3, -0.25) is 9.59 Å². The predicted octanol–water partition coefficient (Wildman–Crippen LogP) is 0.239. The van der Waals surface area contributed by atoms with Crippen molar-refractivity contribution in [1.82, 2.24) is 10.2 Å². The highest BCUT2D eigenvalue weighted by molar-refractivity contribution is 5.94. The Hall–Kier alpha value is -1.82. The van der Waals surface area contributed by atoms with Crippen LogP contribution in [-0.2, 0) is 4.79 Å². The molecule has 2 heterocycles. The van der Waals surface area contributed by atoms with Gasteiger partial charge < -0.3 is 19.7 Å². The molecule has 1 saturated heterocycles. The number of nitrogens with one attached hydrogen (secondary N) is 1.